The van der Waals surface area contributed by atoms with Gasteiger partial charge in [0.25, 0.3) is 0 Å². The largest absolute Gasteiger partial charge is 0.352 e. The molecule has 0 bridgehead atoms. The summed E-state index contributed by atoms with van der Waals surface area (Å²) in [6.07, 6.45) is 5.85. The van der Waals surface area contributed by atoms with Crippen LogP contribution in [0.2, 0.25) is 0 Å². The molecule has 1 N–H and O–H groups in total. The Hall–Kier alpha value is -1.13. The van der Waals surface area contributed by atoms with E-state index in [0.717, 1.165) is 19.6 Å². The third-order valence-corrected chi connectivity index (χ3v) is 4.77. The lowest BCUT2D eigenvalue weighted by Gasteiger charge is -2.37. The molecule has 19 heavy (non-hydrogen) atoms. The van der Waals surface area contributed by atoms with Crippen LogP contribution in [-0.2, 0) is 0 Å². The summed E-state index contributed by atoms with van der Waals surface area (Å²) < 4.78 is 1.35. The molecule has 3 nitrogen and oxygen atoms in total. The van der Waals surface area contributed by atoms with E-state index in [2.05, 4.69) is 39.6 Å². The first-order valence-corrected chi connectivity index (χ1v) is 8.07. The molecule has 0 saturated carbocycles. The monoisotopic (exact) mass is 275 g/mol. The van der Waals surface area contributed by atoms with Crippen LogP contribution >= 0.6 is 11.3 Å². The number of nitrogens with one attached hydrogen (secondary N) is 1. The van der Waals surface area contributed by atoms with Crippen molar-refractivity contribution in [2.24, 2.45) is 0 Å². The van der Waals surface area contributed by atoms with Crippen molar-refractivity contribution in [1.29, 1.82) is 0 Å². The first-order chi connectivity index (χ1) is 9.40. The Bertz CT molecular complexity index is 537. The molecule has 2 aromatic rings. The number of hydrogen-bond donors (Lipinski definition) is 1. The van der Waals surface area contributed by atoms with Crippen molar-refractivity contribution in [3.8, 4) is 0 Å². The Morgan fingerprint density at radius 2 is 2.37 bits per heavy atom. The summed E-state index contributed by atoms with van der Waals surface area (Å²) in [6.45, 7) is 5.42. The van der Waals surface area contributed by atoms with Gasteiger partial charge in [-0.05, 0) is 43.3 Å². The van der Waals surface area contributed by atoms with Crippen LogP contribution in [0.15, 0.2) is 23.7 Å². The smallest absolute Gasteiger partial charge is 0.137 e. The number of nitrogens with zero attached hydrogens (tertiary/aromatic N) is 2. The number of hydrogen-bond acceptors (Lipinski definition) is 4. The number of thiophene rings is 1. The molecule has 4 heteroatoms. The Morgan fingerprint density at radius 3 is 3.26 bits per heavy atom. The average Bonchev–Trinajstić information content (AvgIpc) is 2.94. The molecule has 0 radical (unpaired) electrons. The molecule has 1 saturated heterocycles. The second-order valence-corrected chi connectivity index (χ2v) is 6.07. The van der Waals surface area contributed by atoms with Crippen LogP contribution in [0.25, 0.3) is 10.1 Å². The molecule has 1 aliphatic heterocycles. The van der Waals surface area contributed by atoms with E-state index in [1.807, 2.05) is 6.20 Å². The molecule has 1 aliphatic rings. The van der Waals surface area contributed by atoms with Crippen molar-refractivity contribution in [1.82, 2.24) is 10.3 Å². The highest BCUT2D eigenvalue weighted by Gasteiger charge is 2.24. The van der Waals surface area contributed by atoms with Crippen molar-refractivity contribution < 1.29 is 0 Å². The van der Waals surface area contributed by atoms with Gasteiger partial charge in [0.2, 0.25) is 0 Å². The number of fused-ring (bicyclic) bond motifs is 1. The summed E-state index contributed by atoms with van der Waals surface area (Å²) in [5.41, 5.74) is 0. The van der Waals surface area contributed by atoms with Crippen LogP contribution in [0.3, 0.4) is 0 Å². The topological polar surface area (TPSA) is 28.2 Å². The number of piperidine rings is 1. The summed E-state index contributed by atoms with van der Waals surface area (Å²) in [4.78, 5) is 7.18. The maximum atomic E-state index is 4.67. The van der Waals surface area contributed by atoms with Gasteiger partial charge >= 0.3 is 0 Å². The van der Waals surface area contributed by atoms with E-state index in [-0.39, 0.29) is 0 Å². The zero-order chi connectivity index (χ0) is 13.1. The number of aromatic nitrogens is 1. The first kappa shape index (κ1) is 12.9. The number of likely N-dealkylation sites (N-methyl/N-ethyl adjacent to an activating group) is 1. The molecule has 0 spiro atoms. The third-order valence-electron chi connectivity index (χ3n) is 3.89. The van der Waals surface area contributed by atoms with E-state index in [1.54, 1.807) is 11.3 Å². The van der Waals surface area contributed by atoms with Crippen LogP contribution in [-0.4, -0.2) is 30.7 Å². The third kappa shape index (κ3) is 2.60. The lowest BCUT2D eigenvalue weighted by Crippen LogP contribution is -2.46. The molecular formula is C15H21N3S. The van der Waals surface area contributed by atoms with E-state index < -0.39 is 0 Å². The maximum Gasteiger partial charge on any atom is 0.137 e. The molecule has 102 valence electrons. The minimum atomic E-state index is 0.590. The molecule has 1 fully saturated rings. The lowest BCUT2D eigenvalue weighted by atomic mass is 10.0. The summed E-state index contributed by atoms with van der Waals surface area (Å²) in [6, 6.07) is 4.92. The fourth-order valence-corrected chi connectivity index (χ4v) is 3.69. The zero-order valence-corrected chi connectivity index (χ0v) is 12.2. The predicted octanol–water partition coefficient (Wildman–Crippen LogP) is 3.26. The molecular weight excluding hydrogens is 254 g/mol. The first-order valence-electron chi connectivity index (χ1n) is 7.19. The molecule has 0 aromatic carbocycles. The van der Waals surface area contributed by atoms with E-state index in [4.69, 9.17) is 0 Å². The van der Waals surface area contributed by atoms with E-state index in [9.17, 15) is 0 Å². The van der Waals surface area contributed by atoms with Crippen LogP contribution in [0.4, 0.5) is 5.82 Å². The fourth-order valence-electron chi connectivity index (χ4n) is 2.91. The van der Waals surface area contributed by atoms with Crippen LogP contribution in [0.1, 0.15) is 26.2 Å². The lowest BCUT2D eigenvalue weighted by molar-refractivity contribution is 0.437. The van der Waals surface area contributed by atoms with E-state index in [0.29, 0.717) is 6.04 Å². The summed E-state index contributed by atoms with van der Waals surface area (Å²) in [5, 5.41) is 6.97. The number of rotatable bonds is 4. The van der Waals surface area contributed by atoms with Gasteiger partial charge in [-0.2, -0.15) is 0 Å². The quantitative estimate of drug-likeness (QED) is 0.928. The Labute approximate surface area is 118 Å². The summed E-state index contributed by atoms with van der Waals surface area (Å²) in [7, 11) is 0. The van der Waals surface area contributed by atoms with Gasteiger partial charge in [0.05, 0.1) is 0 Å². The highest BCUT2D eigenvalue weighted by molar-refractivity contribution is 7.17. The van der Waals surface area contributed by atoms with Gasteiger partial charge in [0.15, 0.2) is 0 Å². The van der Waals surface area contributed by atoms with Gasteiger partial charge in [0, 0.05) is 35.4 Å². The molecule has 1 atom stereocenters. The number of pyridine rings is 1. The van der Waals surface area contributed by atoms with Gasteiger partial charge in [0.1, 0.15) is 5.82 Å². The Balaban J connectivity index is 1.91. The van der Waals surface area contributed by atoms with Crippen molar-refractivity contribution in [3.63, 3.8) is 0 Å². The molecule has 0 aliphatic carbocycles. The van der Waals surface area contributed by atoms with E-state index >= 15 is 0 Å². The van der Waals surface area contributed by atoms with Gasteiger partial charge in [-0.25, -0.2) is 4.98 Å². The standard InChI is InChI=1S/C15H21N3S/c1-2-16-11-12-5-3-4-9-18(12)15-13-7-10-19-14(13)6-8-17-15/h6-8,10,12,16H,2-5,9,11H2,1H3. The second-order valence-electron chi connectivity index (χ2n) is 5.12. The Kier molecular flexibility index (Phi) is 3.99. The van der Waals surface area contributed by atoms with Crippen molar-refractivity contribution in [2.45, 2.75) is 32.2 Å². The van der Waals surface area contributed by atoms with Gasteiger partial charge in [-0.15, -0.1) is 11.3 Å². The zero-order valence-electron chi connectivity index (χ0n) is 11.4. The van der Waals surface area contributed by atoms with E-state index in [1.165, 1.54) is 35.2 Å². The average molecular weight is 275 g/mol. The van der Waals surface area contributed by atoms with Crippen molar-refractivity contribution in [3.05, 3.63) is 23.7 Å². The van der Waals surface area contributed by atoms with Crippen molar-refractivity contribution >= 4 is 27.2 Å². The SMILES string of the molecule is CCNCC1CCCCN1c1nccc2sccc12. The molecule has 2 aromatic heterocycles. The van der Waals surface area contributed by atoms with Crippen LogP contribution in [0, 0.1) is 0 Å². The maximum absolute atomic E-state index is 4.67. The van der Waals surface area contributed by atoms with Crippen LogP contribution in [0.5, 0.6) is 0 Å². The van der Waals surface area contributed by atoms with Gasteiger partial charge in [-0.1, -0.05) is 6.92 Å². The molecule has 1 unspecified atom stereocenters. The van der Waals surface area contributed by atoms with Crippen molar-refractivity contribution in [2.75, 3.05) is 24.5 Å². The minimum absolute atomic E-state index is 0.590. The highest BCUT2D eigenvalue weighted by atomic mass is 32.1. The fraction of sp³-hybridized carbons (Fsp3) is 0.533. The number of anilines is 1. The predicted molar refractivity (Wildman–Crippen MR) is 83.1 cm³/mol. The Morgan fingerprint density at radius 1 is 1.42 bits per heavy atom. The molecule has 3 rings (SSSR count). The second kappa shape index (κ2) is 5.88. The molecule has 0 amide bonds. The minimum Gasteiger partial charge on any atom is -0.352 e. The summed E-state index contributed by atoms with van der Waals surface area (Å²) >= 11 is 1.80. The highest BCUT2D eigenvalue weighted by Crippen LogP contribution is 2.32. The van der Waals surface area contributed by atoms with Crippen LogP contribution < -0.4 is 10.2 Å². The van der Waals surface area contributed by atoms with Gasteiger partial charge in [-0.3, -0.25) is 0 Å². The normalized spacial score (nSPS) is 20.1. The molecule has 3 heterocycles. The summed E-state index contributed by atoms with van der Waals surface area (Å²) in [5.74, 6) is 1.18. The van der Waals surface area contributed by atoms with Gasteiger partial charge < -0.3 is 10.2 Å².